The number of aromatic nitrogens is 2. The second kappa shape index (κ2) is 9.54. The normalized spacial score (nSPS) is 20.3. The molecule has 1 unspecified atom stereocenters. The molecule has 2 fully saturated rings. The van der Waals surface area contributed by atoms with Crippen molar-refractivity contribution >= 4 is 34.1 Å². The Morgan fingerprint density at radius 1 is 1.08 bits per heavy atom. The number of carbonyl (C=O) groups is 2. The van der Waals surface area contributed by atoms with Gasteiger partial charge in [-0.15, -0.1) is 0 Å². The van der Waals surface area contributed by atoms with Crippen molar-refractivity contribution in [2.24, 2.45) is 7.05 Å². The molecule has 0 radical (unpaired) electrons. The number of nitrogens with one attached hydrogen (secondary N) is 1. The van der Waals surface area contributed by atoms with E-state index in [-0.39, 0.29) is 11.8 Å². The molecular formula is C29H32N4O3. The lowest BCUT2D eigenvalue weighted by atomic mass is 9.85. The first-order chi connectivity index (χ1) is 17.6. The Kier molecular flexibility index (Phi) is 6.09. The van der Waals surface area contributed by atoms with Crippen molar-refractivity contribution in [3.05, 3.63) is 65.5 Å². The lowest BCUT2D eigenvalue weighted by Crippen LogP contribution is -2.34. The van der Waals surface area contributed by atoms with Crippen molar-refractivity contribution in [3.8, 4) is 0 Å². The Morgan fingerprint density at radius 3 is 2.58 bits per heavy atom. The molecule has 36 heavy (non-hydrogen) atoms. The standard InChI is InChI=1S/C29H32N4O3/c1-32-26-23(30-27(32)21-9-5-10-21)17-22(18-24(26)31-28(34)25-11-6-16-36-25)29(35)33-14-12-20(13-15-33)19-7-3-2-4-8-19/h2-4,7-8,12,17-18,21,25H,5-6,9-11,13-16H2,1H3,(H,31,34). The first-order valence-electron chi connectivity index (χ1n) is 13.0. The highest BCUT2D eigenvalue weighted by Gasteiger charge is 2.29. The molecule has 1 aromatic heterocycles. The quantitative estimate of drug-likeness (QED) is 0.560. The Labute approximate surface area is 211 Å². The molecule has 186 valence electrons. The van der Waals surface area contributed by atoms with Gasteiger partial charge in [-0.1, -0.05) is 42.8 Å². The van der Waals surface area contributed by atoms with Crippen LogP contribution in [0.5, 0.6) is 0 Å². The fraction of sp³-hybridized carbons (Fsp3) is 0.414. The molecule has 2 aromatic carbocycles. The highest BCUT2D eigenvalue weighted by Crippen LogP contribution is 2.38. The van der Waals surface area contributed by atoms with Gasteiger partial charge in [0.15, 0.2) is 0 Å². The van der Waals surface area contributed by atoms with Crippen LogP contribution in [-0.2, 0) is 16.6 Å². The minimum absolute atomic E-state index is 0.0382. The van der Waals surface area contributed by atoms with Gasteiger partial charge >= 0.3 is 0 Å². The van der Waals surface area contributed by atoms with E-state index >= 15 is 0 Å². The number of hydrogen-bond donors (Lipinski definition) is 1. The summed E-state index contributed by atoms with van der Waals surface area (Å²) in [5.74, 6) is 1.27. The van der Waals surface area contributed by atoms with E-state index in [2.05, 4.69) is 28.1 Å². The molecule has 1 N–H and O–H groups in total. The van der Waals surface area contributed by atoms with Gasteiger partial charge in [0.05, 0.1) is 16.7 Å². The Bertz CT molecular complexity index is 1330. The number of carbonyl (C=O) groups excluding carboxylic acids is 2. The Balaban J connectivity index is 1.31. The minimum Gasteiger partial charge on any atom is -0.368 e. The van der Waals surface area contributed by atoms with E-state index in [9.17, 15) is 9.59 Å². The van der Waals surface area contributed by atoms with Crippen LogP contribution in [0.25, 0.3) is 16.6 Å². The van der Waals surface area contributed by atoms with Crippen LogP contribution >= 0.6 is 0 Å². The SMILES string of the molecule is Cn1c(C2CCC2)nc2cc(C(=O)N3CC=C(c4ccccc4)CC3)cc(NC(=O)C3CCCO3)c21. The average molecular weight is 485 g/mol. The van der Waals surface area contributed by atoms with E-state index < -0.39 is 6.10 Å². The largest absolute Gasteiger partial charge is 0.368 e. The molecule has 1 saturated carbocycles. The summed E-state index contributed by atoms with van der Waals surface area (Å²) in [6.45, 7) is 1.83. The van der Waals surface area contributed by atoms with Gasteiger partial charge in [0.25, 0.3) is 11.8 Å². The number of anilines is 1. The molecule has 1 aliphatic carbocycles. The first kappa shape index (κ1) is 23.0. The van der Waals surface area contributed by atoms with Crippen molar-refractivity contribution < 1.29 is 14.3 Å². The van der Waals surface area contributed by atoms with Crippen molar-refractivity contribution in [1.82, 2.24) is 14.5 Å². The maximum atomic E-state index is 13.6. The maximum absolute atomic E-state index is 13.6. The second-order valence-corrected chi connectivity index (χ2v) is 10.1. The van der Waals surface area contributed by atoms with Crippen LogP contribution in [0.15, 0.2) is 48.5 Å². The van der Waals surface area contributed by atoms with Gasteiger partial charge in [-0.25, -0.2) is 4.98 Å². The second-order valence-electron chi connectivity index (χ2n) is 10.1. The number of hydrogen-bond acceptors (Lipinski definition) is 4. The number of ether oxygens (including phenoxy) is 1. The predicted molar refractivity (Wildman–Crippen MR) is 140 cm³/mol. The topological polar surface area (TPSA) is 76.5 Å². The number of rotatable bonds is 5. The zero-order valence-corrected chi connectivity index (χ0v) is 20.7. The molecular weight excluding hydrogens is 452 g/mol. The molecule has 7 heteroatoms. The molecule has 0 spiro atoms. The summed E-state index contributed by atoms with van der Waals surface area (Å²) in [6.07, 6.45) is 7.60. The van der Waals surface area contributed by atoms with Gasteiger partial charge in [0.2, 0.25) is 0 Å². The summed E-state index contributed by atoms with van der Waals surface area (Å²) in [5, 5.41) is 3.08. The van der Waals surface area contributed by atoms with E-state index in [1.54, 1.807) is 0 Å². The monoisotopic (exact) mass is 484 g/mol. The zero-order chi connectivity index (χ0) is 24.6. The van der Waals surface area contributed by atoms with Crippen molar-refractivity contribution in [2.45, 2.75) is 50.5 Å². The van der Waals surface area contributed by atoms with Gasteiger partial charge in [0, 0.05) is 38.2 Å². The zero-order valence-electron chi connectivity index (χ0n) is 20.7. The van der Waals surface area contributed by atoms with Crippen LogP contribution < -0.4 is 5.32 Å². The van der Waals surface area contributed by atoms with E-state index in [4.69, 9.17) is 9.72 Å². The van der Waals surface area contributed by atoms with Crippen LogP contribution in [0, 0.1) is 0 Å². The van der Waals surface area contributed by atoms with Crippen LogP contribution in [0.4, 0.5) is 5.69 Å². The number of aryl methyl sites for hydroxylation is 1. The number of fused-ring (bicyclic) bond motifs is 1. The fourth-order valence-corrected chi connectivity index (χ4v) is 5.57. The van der Waals surface area contributed by atoms with Crippen LogP contribution in [-0.4, -0.2) is 52.1 Å². The van der Waals surface area contributed by atoms with Gasteiger partial charge in [-0.2, -0.15) is 0 Å². The molecule has 6 rings (SSSR count). The molecule has 2 aliphatic heterocycles. The van der Waals surface area contributed by atoms with Gasteiger partial charge in [-0.3, -0.25) is 9.59 Å². The molecule has 7 nitrogen and oxygen atoms in total. The summed E-state index contributed by atoms with van der Waals surface area (Å²) in [4.78, 5) is 33.4. The Morgan fingerprint density at radius 2 is 1.92 bits per heavy atom. The lowest BCUT2D eigenvalue weighted by molar-refractivity contribution is -0.124. The summed E-state index contributed by atoms with van der Waals surface area (Å²) in [5.41, 5.74) is 5.29. The fourth-order valence-electron chi connectivity index (χ4n) is 5.57. The van der Waals surface area contributed by atoms with Crippen LogP contribution in [0.2, 0.25) is 0 Å². The van der Waals surface area contributed by atoms with Crippen molar-refractivity contribution in [3.63, 3.8) is 0 Å². The van der Waals surface area contributed by atoms with E-state index in [0.717, 1.165) is 49.0 Å². The third-order valence-corrected chi connectivity index (χ3v) is 7.84. The number of benzene rings is 2. The third kappa shape index (κ3) is 4.22. The van der Waals surface area contributed by atoms with Crippen molar-refractivity contribution in [2.75, 3.05) is 25.0 Å². The molecule has 1 atom stereocenters. The molecule has 3 aliphatic rings. The summed E-state index contributed by atoms with van der Waals surface area (Å²) in [6, 6.07) is 14.0. The Hall–Kier alpha value is -3.45. The van der Waals surface area contributed by atoms with Crippen LogP contribution in [0.3, 0.4) is 0 Å². The smallest absolute Gasteiger partial charge is 0.254 e. The number of amides is 2. The highest BCUT2D eigenvalue weighted by atomic mass is 16.5. The summed E-state index contributed by atoms with van der Waals surface area (Å²) in [7, 11) is 2.01. The van der Waals surface area contributed by atoms with E-state index in [1.165, 1.54) is 17.6 Å². The predicted octanol–water partition coefficient (Wildman–Crippen LogP) is 4.89. The highest BCUT2D eigenvalue weighted by molar-refractivity contribution is 6.06. The summed E-state index contributed by atoms with van der Waals surface area (Å²) >= 11 is 0. The third-order valence-electron chi connectivity index (χ3n) is 7.84. The van der Waals surface area contributed by atoms with Gasteiger partial charge in [-0.05, 0) is 55.4 Å². The lowest BCUT2D eigenvalue weighted by Gasteiger charge is -2.27. The van der Waals surface area contributed by atoms with Gasteiger partial charge < -0.3 is 19.5 Å². The molecule has 2 amide bonds. The van der Waals surface area contributed by atoms with Crippen LogP contribution in [0.1, 0.15) is 66.2 Å². The summed E-state index contributed by atoms with van der Waals surface area (Å²) < 4.78 is 7.69. The van der Waals surface area contributed by atoms with Gasteiger partial charge in [0.1, 0.15) is 11.9 Å². The number of imidazole rings is 1. The molecule has 3 heterocycles. The van der Waals surface area contributed by atoms with Crippen molar-refractivity contribution in [1.29, 1.82) is 0 Å². The average Bonchev–Trinajstić information content (AvgIpc) is 3.52. The van der Waals surface area contributed by atoms with E-state index in [1.807, 2.05) is 42.3 Å². The minimum atomic E-state index is -0.442. The number of nitrogens with zero attached hydrogens (tertiary/aromatic N) is 3. The first-order valence-corrected chi connectivity index (χ1v) is 13.0. The molecule has 1 saturated heterocycles. The van der Waals surface area contributed by atoms with E-state index in [0.29, 0.717) is 36.9 Å². The maximum Gasteiger partial charge on any atom is 0.254 e. The molecule has 3 aromatic rings. The molecule has 0 bridgehead atoms.